The van der Waals surface area contributed by atoms with Crippen LogP contribution in [0.1, 0.15) is 33.1 Å². The summed E-state index contributed by atoms with van der Waals surface area (Å²) in [7, 11) is 0. The van der Waals surface area contributed by atoms with Crippen molar-refractivity contribution >= 4 is 0 Å². The Kier molecular flexibility index (Phi) is 3.45. The fourth-order valence-corrected chi connectivity index (χ4v) is 2.97. The van der Waals surface area contributed by atoms with Crippen molar-refractivity contribution < 1.29 is 0 Å². The summed E-state index contributed by atoms with van der Waals surface area (Å²) in [6, 6.07) is 0.885. The second-order valence-corrected chi connectivity index (χ2v) is 5.34. The summed E-state index contributed by atoms with van der Waals surface area (Å²) in [6.45, 7) is 11.3. The Bertz CT molecular complexity index is 179. The van der Waals surface area contributed by atoms with Gasteiger partial charge in [0.05, 0.1) is 0 Å². The summed E-state index contributed by atoms with van der Waals surface area (Å²) >= 11 is 0. The van der Waals surface area contributed by atoms with E-state index in [0.717, 1.165) is 12.0 Å². The van der Waals surface area contributed by atoms with E-state index in [0.29, 0.717) is 0 Å². The van der Waals surface area contributed by atoms with E-state index in [-0.39, 0.29) is 0 Å². The molecule has 0 saturated carbocycles. The van der Waals surface area contributed by atoms with Gasteiger partial charge in [-0.15, -0.1) is 0 Å². The van der Waals surface area contributed by atoms with E-state index in [9.17, 15) is 0 Å². The fraction of sp³-hybridized carbons (Fsp3) is 1.00. The molecule has 2 heterocycles. The van der Waals surface area contributed by atoms with Crippen LogP contribution in [0.3, 0.4) is 0 Å². The van der Waals surface area contributed by atoms with Gasteiger partial charge in [0.2, 0.25) is 0 Å². The van der Waals surface area contributed by atoms with Crippen molar-refractivity contribution in [2.75, 3.05) is 32.7 Å². The molecule has 0 radical (unpaired) electrons. The number of hydrogen-bond acceptors (Lipinski definition) is 2. The predicted octanol–water partition coefficient (Wildman–Crippen LogP) is 1.81. The smallest absolute Gasteiger partial charge is 0.0223 e. The van der Waals surface area contributed by atoms with E-state index in [1.165, 1.54) is 52.0 Å². The molecular formula is C12H24N2. The van der Waals surface area contributed by atoms with Gasteiger partial charge in [0.15, 0.2) is 0 Å². The molecule has 1 atom stereocenters. The summed E-state index contributed by atoms with van der Waals surface area (Å²) in [4.78, 5) is 5.39. The second-order valence-electron chi connectivity index (χ2n) is 5.34. The standard InChI is InChI=1S/C12H24N2/c1-11(2)9-13-6-4-8-14-7-3-5-12(14)10-13/h11-12H,3-10H2,1-2H3. The normalized spacial score (nSPS) is 30.6. The van der Waals surface area contributed by atoms with Crippen LogP contribution in [0.15, 0.2) is 0 Å². The molecule has 0 aliphatic carbocycles. The van der Waals surface area contributed by atoms with Gasteiger partial charge in [-0.05, 0) is 44.8 Å². The SMILES string of the molecule is CC(C)CN1CCCN2CCCC2C1. The monoisotopic (exact) mass is 196 g/mol. The minimum Gasteiger partial charge on any atom is -0.301 e. The zero-order chi connectivity index (χ0) is 9.97. The Hall–Kier alpha value is -0.0800. The van der Waals surface area contributed by atoms with Crippen molar-refractivity contribution in [1.82, 2.24) is 9.80 Å². The molecule has 14 heavy (non-hydrogen) atoms. The van der Waals surface area contributed by atoms with Crippen LogP contribution < -0.4 is 0 Å². The molecule has 2 nitrogen and oxygen atoms in total. The van der Waals surface area contributed by atoms with Gasteiger partial charge in [-0.25, -0.2) is 0 Å². The first kappa shape index (κ1) is 10.4. The minimum absolute atomic E-state index is 0.822. The van der Waals surface area contributed by atoms with Crippen LogP contribution in [0.25, 0.3) is 0 Å². The summed E-state index contributed by atoms with van der Waals surface area (Å²) in [6.07, 6.45) is 4.25. The van der Waals surface area contributed by atoms with E-state index < -0.39 is 0 Å². The first-order valence-corrected chi connectivity index (χ1v) is 6.22. The lowest BCUT2D eigenvalue weighted by Gasteiger charge is -2.26. The van der Waals surface area contributed by atoms with Crippen molar-refractivity contribution in [3.63, 3.8) is 0 Å². The lowest BCUT2D eigenvalue weighted by atomic mass is 10.1. The average Bonchev–Trinajstić information content (AvgIpc) is 2.44. The van der Waals surface area contributed by atoms with E-state index in [1.807, 2.05) is 0 Å². The molecular weight excluding hydrogens is 172 g/mol. The van der Waals surface area contributed by atoms with Crippen molar-refractivity contribution in [3.05, 3.63) is 0 Å². The average molecular weight is 196 g/mol. The third-order valence-electron chi connectivity index (χ3n) is 3.51. The van der Waals surface area contributed by atoms with Gasteiger partial charge < -0.3 is 4.90 Å². The number of rotatable bonds is 2. The molecule has 2 heteroatoms. The van der Waals surface area contributed by atoms with E-state index in [2.05, 4.69) is 23.6 Å². The molecule has 0 aromatic heterocycles. The minimum atomic E-state index is 0.822. The van der Waals surface area contributed by atoms with Gasteiger partial charge in [0.25, 0.3) is 0 Å². The zero-order valence-corrected chi connectivity index (χ0v) is 9.71. The number of hydrogen-bond donors (Lipinski definition) is 0. The van der Waals surface area contributed by atoms with Crippen LogP contribution in [0, 0.1) is 5.92 Å². The molecule has 2 aliphatic rings. The second kappa shape index (κ2) is 4.63. The Morgan fingerprint density at radius 3 is 2.71 bits per heavy atom. The van der Waals surface area contributed by atoms with Gasteiger partial charge in [0.1, 0.15) is 0 Å². The maximum atomic E-state index is 2.71. The molecule has 1 unspecified atom stereocenters. The first-order valence-electron chi connectivity index (χ1n) is 6.22. The summed E-state index contributed by atoms with van der Waals surface area (Å²) in [5, 5.41) is 0. The third-order valence-corrected chi connectivity index (χ3v) is 3.51. The van der Waals surface area contributed by atoms with Crippen molar-refractivity contribution in [3.8, 4) is 0 Å². The van der Waals surface area contributed by atoms with Crippen molar-refractivity contribution in [2.45, 2.75) is 39.2 Å². The molecule has 0 aromatic carbocycles. The molecule has 2 saturated heterocycles. The summed E-state index contributed by atoms with van der Waals surface area (Å²) in [5.74, 6) is 0.822. The van der Waals surface area contributed by atoms with Crippen LogP contribution in [-0.4, -0.2) is 48.6 Å². The highest BCUT2D eigenvalue weighted by atomic mass is 15.3. The molecule has 0 aromatic rings. The van der Waals surface area contributed by atoms with Gasteiger partial charge in [-0.3, -0.25) is 4.90 Å². The lowest BCUT2D eigenvalue weighted by Crippen LogP contribution is -2.38. The van der Waals surface area contributed by atoms with Crippen LogP contribution in [0.4, 0.5) is 0 Å². The predicted molar refractivity (Wildman–Crippen MR) is 60.5 cm³/mol. The summed E-state index contributed by atoms with van der Waals surface area (Å²) < 4.78 is 0. The van der Waals surface area contributed by atoms with Gasteiger partial charge in [-0.2, -0.15) is 0 Å². The Morgan fingerprint density at radius 2 is 1.93 bits per heavy atom. The van der Waals surface area contributed by atoms with Crippen LogP contribution in [0.2, 0.25) is 0 Å². The maximum absolute atomic E-state index is 2.71. The van der Waals surface area contributed by atoms with E-state index in [4.69, 9.17) is 0 Å². The maximum Gasteiger partial charge on any atom is 0.0223 e. The fourth-order valence-electron chi connectivity index (χ4n) is 2.97. The van der Waals surface area contributed by atoms with Gasteiger partial charge in [-0.1, -0.05) is 13.8 Å². The Morgan fingerprint density at radius 1 is 1.14 bits per heavy atom. The molecule has 2 fully saturated rings. The Balaban J connectivity index is 1.88. The molecule has 0 amide bonds. The van der Waals surface area contributed by atoms with Crippen LogP contribution in [-0.2, 0) is 0 Å². The van der Waals surface area contributed by atoms with Crippen molar-refractivity contribution in [2.24, 2.45) is 5.92 Å². The summed E-state index contributed by atoms with van der Waals surface area (Å²) in [5.41, 5.74) is 0. The van der Waals surface area contributed by atoms with Gasteiger partial charge >= 0.3 is 0 Å². The quantitative estimate of drug-likeness (QED) is 0.664. The topological polar surface area (TPSA) is 6.48 Å². The van der Waals surface area contributed by atoms with Crippen LogP contribution >= 0.6 is 0 Å². The number of fused-ring (bicyclic) bond motifs is 1. The molecule has 0 N–H and O–H groups in total. The van der Waals surface area contributed by atoms with E-state index >= 15 is 0 Å². The van der Waals surface area contributed by atoms with Crippen molar-refractivity contribution in [1.29, 1.82) is 0 Å². The highest BCUT2D eigenvalue weighted by molar-refractivity contribution is 4.84. The molecule has 2 rings (SSSR count). The molecule has 82 valence electrons. The van der Waals surface area contributed by atoms with Gasteiger partial charge in [0, 0.05) is 19.1 Å². The molecule has 2 aliphatic heterocycles. The highest BCUT2D eigenvalue weighted by Gasteiger charge is 2.28. The van der Waals surface area contributed by atoms with E-state index in [1.54, 1.807) is 0 Å². The molecule has 0 bridgehead atoms. The zero-order valence-electron chi connectivity index (χ0n) is 9.71. The number of nitrogens with zero attached hydrogens (tertiary/aromatic N) is 2. The highest BCUT2D eigenvalue weighted by Crippen LogP contribution is 2.21. The largest absolute Gasteiger partial charge is 0.301 e. The molecule has 0 spiro atoms. The third kappa shape index (κ3) is 2.48. The first-order chi connectivity index (χ1) is 6.75. The lowest BCUT2D eigenvalue weighted by molar-refractivity contribution is 0.206. The van der Waals surface area contributed by atoms with Crippen LogP contribution in [0.5, 0.6) is 0 Å². The Labute approximate surface area is 88.3 Å².